The van der Waals surface area contributed by atoms with Gasteiger partial charge in [-0.25, -0.2) is 13.6 Å². The lowest BCUT2D eigenvalue weighted by atomic mass is 9.69. The fraction of sp³-hybridized carbons (Fsp3) is 0.471. The average molecular weight is 591 g/mol. The number of hydrogen-bond donors (Lipinski definition) is 1. The molecule has 9 heteroatoms. The molecule has 0 unspecified atom stereocenters. The summed E-state index contributed by atoms with van der Waals surface area (Å²) in [5.74, 6) is -0.0777. The van der Waals surface area contributed by atoms with Crippen LogP contribution in [-0.4, -0.2) is 53.2 Å². The van der Waals surface area contributed by atoms with Crippen LogP contribution in [0.25, 0.3) is 11.1 Å². The van der Waals surface area contributed by atoms with Gasteiger partial charge in [0.05, 0.1) is 13.2 Å². The maximum atomic E-state index is 14.9. The van der Waals surface area contributed by atoms with E-state index in [0.29, 0.717) is 39.0 Å². The van der Waals surface area contributed by atoms with Crippen molar-refractivity contribution >= 4 is 6.03 Å². The predicted molar refractivity (Wildman–Crippen MR) is 162 cm³/mol. The molecule has 0 bridgehead atoms. The first-order chi connectivity index (χ1) is 20.8. The Bertz CT molecular complexity index is 1540. The molecule has 228 valence electrons. The number of halogens is 2. The fourth-order valence-corrected chi connectivity index (χ4v) is 7.71. The summed E-state index contributed by atoms with van der Waals surface area (Å²) in [4.78, 5) is 31.0. The number of carbonyl (C=O) groups is 1. The number of carbonyl (C=O) groups excluding carboxylic acids is 1. The number of rotatable bonds is 5. The van der Waals surface area contributed by atoms with E-state index >= 15 is 0 Å². The van der Waals surface area contributed by atoms with Crippen molar-refractivity contribution in [3.63, 3.8) is 0 Å². The Kier molecular flexibility index (Phi) is 8.27. The Labute approximate surface area is 251 Å². The Morgan fingerprint density at radius 2 is 1.84 bits per heavy atom. The number of likely N-dealkylation sites (tertiary alicyclic amines) is 2. The third-order valence-electron chi connectivity index (χ3n) is 10.0. The van der Waals surface area contributed by atoms with E-state index in [9.17, 15) is 18.4 Å². The van der Waals surface area contributed by atoms with Gasteiger partial charge in [0.15, 0.2) is 0 Å². The van der Waals surface area contributed by atoms with Gasteiger partial charge in [0.2, 0.25) is 0 Å². The summed E-state index contributed by atoms with van der Waals surface area (Å²) in [6.45, 7) is 2.16. The number of nitrogens with zero attached hydrogens (tertiary/aromatic N) is 3. The molecular formula is C34H40F2N4O3. The summed E-state index contributed by atoms with van der Waals surface area (Å²) in [5.41, 5.74) is 7.99. The van der Waals surface area contributed by atoms with Gasteiger partial charge in [-0.3, -0.25) is 4.79 Å². The van der Waals surface area contributed by atoms with Gasteiger partial charge < -0.3 is 24.8 Å². The second-order valence-electron chi connectivity index (χ2n) is 12.5. The van der Waals surface area contributed by atoms with E-state index in [2.05, 4.69) is 0 Å². The molecule has 6 rings (SSSR count). The predicted octanol–water partition coefficient (Wildman–Crippen LogP) is 5.97. The van der Waals surface area contributed by atoms with E-state index in [4.69, 9.17) is 10.5 Å². The van der Waals surface area contributed by atoms with Crippen LogP contribution in [0.15, 0.2) is 65.6 Å². The molecule has 2 N–H and O–H groups in total. The highest BCUT2D eigenvalue weighted by Gasteiger charge is 2.47. The monoisotopic (exact) mass is 590 g/mol. The van der Waals surface area contributed by atoms with Crippen molar-refractivity contribution in [1.82, 2.24) is 14.4 Å². The molecule has 2 saturated heterocycles. The van der Waals surface area contributed by atoms with E-state index in [1.165, 1.54) is 6.07 Å². The van der Waals surface area contributed by atoms with Crippen molar-refractivity contribution in [3.05, 3.63) is 88.3 Å². The number of benzene rings is 2. The first kappa shape index (κ1) is 29.4. The SMILES string of the molecule is COc1ccccc1-c1ccn(C[C@@H]2CCN(C(=O)N3CC[C@@H](N)C[C@H]3c3cc(F)ccc3F)CC23CCCC3)c(=O)c1. The summed E-state index contributed by atoms with van der Waals surface area (Å²) < 4.78 is 36.3. The Balaban J connectivity index is 1.21. The van der Waals surface area contributed by atoms with Crippen LogP contribution < -0.4 is 16.0 Å². The van der Waals surface area contributed by atoms with Crippen LogP contribution in [0, 0.1) is 23.0 Å². The first-order valence-corrected chi connectivity index (χ1v) is 15.4. The zero-order valence-corrected chi connectivity index (χ0v) is 24.7. The third kappa shape index (κ3) is 5.79. The maximum Gasteiger partial charge on any atom is 0.320 e. The molecule has 1 aromatic heterocycles. The fourth-order valence-electron chi connectivity index (χ4n) is 7.71. The molecule has 2 amide bonds. The van der Waals surface area contributed by atoms with Crippen molar-refractivity contribution in [2.24, 2.45) is 17.1 Å². The van der Waals surface area contributed by atoms with Gasteiger partial charge >= 0.3 is 6.03 Å². The number of nitrogens with two attached hydrogens (primary N) is 1. The summed E-state index contributed by atoms with van der Waals surface area (Å²) in [6.07, 6.45) is 7.85. The molecule has 3 fully saturated rings. The standard InChI is InChI=1S/C34H40F2N4O3/c1-43-31-7-3-2-6-27(31)23-10-15-38(32(41)18-23)21-24-11-16-39(22-34(24)13-4-5-14-34)33(42)40-17-12-26(37)20-30(40)28-19-25(35)8-9-29(28)36/h2-3,6-10,15,18-19,24,26,30H,4-5,11-14,16-17,20-22,37H2,1H3/t24-,26+,30-/m0/s1. The number of pyridine rings is 1. The van der Waals surface area contributed by atoms with Crippen molar-refractivity contribution in [1.29, 1.82) is 0 Å². The number of amides is 2. The Hall–Kier alpha value is -3.72. The number of urea groups is 1. The normalized spacial score (nSPS) is 23.5. The molecule has 2 aliphatic heterocycles. The van der Waals surface area contributed by atoms with Crippen LogP contribution in [0.4, 0.5) is 13.6 Å². The van der Waals surface area contributed by atoms with Crippen LogP contribution in [-0.2, 0) is 6.54 Å². The van der Waals surface area contributed by atoms with E-state index in [0.717, 1.165) is 61.1 Å². The van der Waals surface area contributed by atoms with Crippen LogP contribution in [0.3, 0.4) is 0 Å². The lowest BCUT2D eigenvalue weighted by Gasteiger charge is -2.49. The smallest absolute Gasteiger partial charge is 0.320 e. The van der Waals surface area contributed by atoms with Gasteiger partial charge in [-0.05, 0) is 79.3 Å². The van der Waals surface area contributed by atoms with Crippen molar-refractivity contribution < 1.29 is 18.3 Å². The van der Waals surface area contributed by atoms with Gasteiger partial charge in [0, 0.05) is 55.6 Å². The van der Waals surface area contributed by atoms with Crippen LogP contribution in [0.1, 0.15) is 56.6 Å². The number of para-hydroxylation sites is 1. The summed E-state index contributed by atoms with van der Waals surface area (Å²) >= 11 is 0. The summed E-state index contributed by atoms with van der Waals surface area (Å²) in [7, 11) is 1.62. The van der Waals surface area contributed by atoms with Crippen LogP contribution in [0.2, 0.25) is 0 Å². The van der Waals surface area contributed by atoms with E-state index in [-0.39, 0.29) is 34.5 Å². The van der Waals surface area contributed by atoms with Gasteiger partial charge in [0.25, 0.3) is 5.56 Å². The molecule has 1 saturated carbocycles. The van der Waals surface area contributed by atoms with Crippen molar-refractivity contribution in [2.45, 2.75) is 63.6 Å². The lowest BCUT2D eigenvalue weighted by molar-refractivity contribution is 0.0213. The number of aromatic nitrogens is 1. The second kappa shape index (κ2) is 12.1. The number of methoxy groups -OCH3 is 1. The van der Waals surface area contributed by atoms with Gasteiger partial charge in [-0.1, -0.05) is 31.0 Å². The zero-order valence-electron chi connectivity index (χ0n) is 24.7. The minimum absolute atomic E-state index is 0.0559. The number of ether oxygens (including phenoxy) is 1. The molecule has 43 heavy (non-hydrogen) atoms. The highest BCUT2D eigenvalue weighted by molar-refractivity contribution is 5.75. The van der Waals surface area contributed by atoms with Crippen molar-refractivity contribution in [3.8, 4) is 16.9 Å². The van der Waals surface area contributed by atoms with Crippen LogP contribution in [0.5, 0.6) is 5.75 Å². The van der Waals surface area contributed by atoms with E-state index in [1.807, 2.05) is 41.4 Å². The third-order valence-corrected chi connectivity index (χ3v) is 10.0. The molecule has 1 spiro atoms. The quantitative estimate of drug-likeness (QED) is 0.397. The second-order valence-corrected chi connectivity index (χ2v) is 12.5. The molecule has 3 atom stereocenters. The largest absolute Gasteiger partial charge is 0.496 e. The molecular weight excluding hydrogens is 550 g/mol. The van der Waals surface area contributed by atoms with Gasteiger partial charge in [-0.15, -0.1) is 0 Å². The number of piperidine rings is 2. The molecule has 7 nitrogen and oxygen atoms in total. The Morgan fingerprint density at radius 1 is 1.05 bits per heavy atom. The molecule has 0 radical (unpaired) electrons. The minimum Gasteiger partial charge on any atom is -0.496 e. The summed E-state index contributed by atoms with van der Waals surface area (Å²) in [6, 6.07) is 13.8. The highest BCUT2D eigenvalue weighted by Crippen LogP contribution is 2.49. The molecule has 1 aliphatic carbocycles. The highest BCUT2D eigenvalue weighted by atomic mass is 19.1. The van der Waals surface area contributed by atoms with E-state index in [1.54, 1.807) is 22.6 Å². The van der Waals surface area contributed by atoms with Gasteiger partial charge in [-0.2, -0.15) is 0 Å². The topological polar surface area (TPSA) is 80.8 Å². The molecule has 3 aromatic rings. The first-order valence-electron chi connectivity index (χ1n) is 15.4. The lowest BCUT2D eigenvalue weighted by Crippen LogP contribution is -2.56. The summed E-state index contributed by atoms with van der Waals surface area (Å²) in [5, 5.41) is 0. The zero-order chi connectivity index (χ0) is 30.1. The Morgan fingerprint density at radius 3 is 2.60 bits per heavy atom. The van der Waals surface area contributed by atoms with E-state index < -0.39 is 17.7 Å². The van der Waals surface area contributed by atoms with Gasteiger partial charge in [0.1, 0.15) is 17.4 Å². The molecule has 3 heterocycles. The average Bonchev–Trinajstić information content (AvgIpc) is 3.48. The van der Waals surface area contributed by atoms with Crippen molar-refractivity contribution in [2.75, 3.05) is 26.7 Å². The number of hydrogen-bond acceptors (Lipinski definition) is 4. The molecule has 3 aliphatic rings. The van der Waals surface area contributed by atoms with Crippen LogP contribution >= 0.6 is 0 Å². The minimum atomic E-state index is -0.607. The maximum absolute atomic E-state index is 14.9. The molecule has 2 aromatic carbocycles.